The Labute approximate surface area is 168 Å². The number of piperazine rings is 1. The van der Waals surface area contributed by atoms with E-state index in [2.05, 4.69) is 41.0 Å². The number of benzene rings is 2. The van der Waals surface area contributed by atoms with Crippen LogP contribution in [-0.4, -0.2) is 68.1 Å². The van der Waals surface area contributed by atoms with Crippen LogP contribution in [0.2, 0.25) is 0 Å². The minimum atomic E-state index is 0.0590. The largest absolute Gasteiger partial charge is 0.369 e. The van der Waals surface area contributed by atoms with Crippen molar-refractivity contribution in [1.29, 1.82) is 0 Å². The molecular weight excluding hydrogens is 348 g/mol. The van der Waals surface area contributed by atoms with E-state index in [1.54, 1.807) is 0 Å². The SMILES string of the molecule is CCN1CCN(c2ccc(C(=O)N(CCN)CCc3ccccc3)cc2)CC1. The molecule has 3 rings (SSSR count). The van der Waals surface area contributed by atoms with Crippen LogP contribution >= 0.6 is 0 Å². The summed E-state index contributed by atoms with van der Waals surface area (Å²) in [4.78, 5) is 19.7. The van der Waals surface area contributed by atoms with Gasteiger partial charge in [-0.15, -0.1) is 0 Å². The van der Waals surface area contributed by atoms with E-state index in [9.17, 15) is 4.79 Å². The summed E-state index contributed by atoms with van der Waals surface area (Å²) >= 11 is 0. The molecule has 0 aliphatic carbocycles. The molecule has 150 valence electrons. The lowest BCUT2D eigenvalue weighted by molar-refractivity contribution is 0.0762. The van der Waals surface area contributed by atoms with Crippen molar-refractivity contribution in [3.63, 3.8) is 0 Å². The van der Waals surface area contributed by atoms with Crippen molar-refractivity contribution >= 4 is 11.6 Å². The van der Waals surface area contributed by atoms with Crippen LogP contribution in [0.25, 0.3) is 0 Å². The van der Waals surface area contributed by atoms with Crippen LogP contribution in [0, 0.1) is 0 Å². The van der Waals surface area contributed by atoms with Crippen molar-refractivity contribution in [2.45, 2.75) is 13.3 Å². The first-order valence-electron chi connectivity index (χ1n) is 10.3. The second-order valence-corrected chi connectivity index (χ2v) is 7.28. The van der Waals surface area contributed by atoms with Gasteiger partial charge in [0.05, 0.1) is 0 Å². The first kappa shape index (κ1) is 20.4. The van der Waals surface area contributed by atoms with Gasteiger partial charge in [-0.2, -0.15) is 0 Å². The summed E-state index contributed by atoms with van der Waals surface area (Å²) in [6.07, 6.45) is 0.840. The number of amides is 1. The zero-order valence-electron chi connectivity index (χ0n) is 16.9. The molecule has 0 saturated carbocycles. The van der Waals surface area contributed by atoms with Crippen molar-refractivity contribution in [1.82, 2.24) is 9.80 Å². The van der Waals surface area contributed by atoms with Gasteiger partial charge in [0.15, 0.2) is 0 Å². The van der Waals surface area contributed by atoms with Crippen molar-refractivity contribution in [2.24, 2.45) is 5.73 Å². The normalized spacial score (nSPS) is 14.9. The molecule has 1 amide bonds. The standard InChI is InChI=1S/C23H32N4O/c1-2-25-16-18-26(19-17-25)22-10-8-21(9-11-22)23(28)27(15-13-24)14-12-20-6-4-3-5-7-20/h3-11H,2,12-19,24H2,1H3. The summed E-state index contributed by atoms with van der Waals surface area (Å²) in [6, 6.07) is 18.3. The minimum Gasteiger partial charge on any atom is -0.369 e. The highest BCUT2D eigenvalue weighted by molar-refractivity contribution is 5.94. The molecule has 28 heavy (non-hydrogen) atoms. The van der Waals surface area contributed by atoms with Gasteiger partial charge in [0.25, 0.3) is 5.91 Å². The van der Waals surface area contributed by atoms with Crippen LogP contribution in [0.15, 0.2) is 54.6 Å². The molecule has 2 N–H and O–H groups in total. The monoisotopic (exact) mass is 380 g/mol. The molecular formula is C23H32N4O. The maximum atomic E-state index is 13.0. The Kier molecular flexibility index (Phi) is 7.46. The maximum absolute atomic E-state index is 13.0. The minimum absolute atomic E-state index is 0.0590. The molecule has 1 heterocycles. The zero-order chi connectivity index (χ0) is 19.8. The molecule has 1 aliphatic rings. The van der Waals surface area contributed by atoms with E-state index >= 15 is 0 Å². The van der Waals surface area contributed by atoms with Crippen molar-refractivity contribution in [3.05, 3.63) is 65.7 Å². The summed E-state index contributed by atoms with van der Waals surface area (Å²) in [5.41, 5.74) is 8.92. The molecule has 5 nitrogen and oxygen atoms in total. The van der Waals surface area contributed by atoms with E-state index in [4.69, 9.17) is 5.73 Å². The molecule has 2 aromatic rings. The molecule has 1 fully saturated rings. The van der Waals surface area contributed by atoms with Gasteiger partial charge in [0.1, 0.15) is 0 Å². The highest BCUT2D eigenvalue weighted by Gasteiger charge is 2.18. The third-order valence-corrected chi connectivity index (χ3v) is 5.50. The van der Waals surface area contributed by atoms with Gasteiger partial charge in [-0.3, -0.25) is 4.79 Å². The molecule has 5 heteroatoms. The maximum Gasteiger partial charge on any atom is 0.253 e. The molecule has 0 aromatic heterocycles. The molecule has 0 radical (unpaired) electrons. The van der Waals surface area contributed by atoms with Crippen molar-refractivity contribution < 1.29 is 4.79 Å². The van der Waals surface area contributed by atoms with Gasteiger partial charge in [-0.25, -0.2) is 0 Å². The Morgan fingerprint density at radius 2 is 1.64 bits per heavy atom. The predicted octanol–water partition coefficient (Wildman–Crippen LogP) is 2.47. The Bertz CT molecular complexity index is 724. The Hall–Kier alpha value is -2.37. The average molecular weight is 381 g/mol. The lowest BCUT2D eigenvalue weighted by Gasteiger charge is -2.35. The Morgan fingerprint density at radius 3 is 2.25 bits per heavy atom. The first-order valence-corrected chi connectivity index (χ1v) is 10.3. The van der Waals surface area contributed by atoms with E-state index in [0.29, 0.717) is 19.6 Å². The Balaban J connectivity index is 1.61. The van der Waals surface area contributed by atoms with Gasteiger partial charge in [-0.05, 0) is 42.8 Å². The summed E-state index contributed by atoms with van der Waals surface area (Å²) < 4.78 is 0. The quantitative estimate of drug-likeness (QED) is 0.764. The van der Waals surface area contributed by atoms with Crippen LogP contribution < -0.4 is 10.6 Å². The van der Waals surface area contributed by atoms with Crippen LogP contribution in [0.5, 0.6) is 0 Å². The fourth-order valence-electron chi connectivity index (χ4n) is 3.70. The summed E-state index contributed by atoms with van der Waals surface area (Å²) in [6.45, 7) is 9.33. The summed E-state index contributed by atoms with van der Waals surface area (Å²) in [7, 11) is 0. The zero-order valence-corrected chi connectivity index (χ0v) is 16.9. The molecule has 0 atom stereocenters. The van der Waals surface area contributed by atoms with Gasteiger partial charge < -0.3 is 20.4 Å². The number of nitrogens with zero attached hydrogens (tertiary/aromatic N) is 3. The van der Waals surface area contributed by atoms with E-state index in [1.807, 2.05) is 35.2 Å². The topological polar surface area (TPSA) is 52.8 Å². The number of nitrogens with two attached hydrogens (primary N) is 1. The van der Waals surface area contributed by atoms with E-state index in [0.717, 1.165) is 44.7 Å². The highest BCUT2D eigenvalue weighted by atomic mass is 16.2. The van der Waals surface area contributed by atoms with Crippen molar-refractivity contribution in [2.75, 3.05) is 57.3 Å². The molecule has 1 aliphatic heterocycles. The fourth-order valence-corrected chi connectivity index (χ4v) is 3.70. The Morgan fingerprint density at radius 1 is 0.964 bits per heavy atom. The van der Waals surface area contributed by atoms with Crippen LogP contribution in [0.4, 0.5) is 5.69 Å². The van der Waals surface area contributed by atoms with Gasteiger partial charge in [0, 0.05) is 57.1 Å². The second kappa shape index (κ2) is 10.2. The fraction of sp³-hybridized carbons (Fsp3) is 0.435. The summed E-state index contributed by atoms with van der Waals surface area (Å²) in [5.74, 6) is 0.0590. The van der Waals surface area contributed by atoms with Gasteiger partial charge in [-0.1, -0.05) is 37.3 Å². The lowest BCUT2D eigenvalue weighted by atomic mass is 10.1. The third-order valence-electron chi connectivity index (χ3n) is 5.50. The van der Waals surface area contributed by atoms with E-state index in [1.165, 1.54) is 11.3 Å². The molecule has 0 unspecified atom stereocenters. The number of carbonyl (C=O) groups is 1. The number of hydrogen-bond acceptors (Lipinski definition) is 4. The lowest BCUT2D eigenvalue weighted by Crippen LogP contribution is -2.46. The molecule has 1 saturated heterocycles. The van der Waals surface area contributed by atoms with Crippen LogP contribution in [0.3, 0.4) is 0 Å². The van der Waals surface area contributed by atoms with Gasteiger partial charge >= 0.3 is 0 Å². The summed E-state index contributed by atoms with van der Waals surface area (Å²) in [5, 5.41) is 0. The number of rotatable bonds is 8. The number of hydrogen-bond donors (Lipinski definition) is 1. The number of anilines is 1. The van der Waals surface area contributed by atoms with Crippen LogP contribution in [0.1, 0.15) is 22.8 Å². The smallest absolute Gasteiger partial charge is 0.253 e. The van der Waals surface area contributed by atoms with Gasteiger partial charge in [0.2, 0.25) is 0 Å². The van der Waals surface area contributed by atoms with E-state index < -0.39 is 0 Å². The van der Waals surface area contributed by atoms with E-state index in [-0.39, 0.29) is 5.91 Å². The highest BCUT2D eigenvalue weighted by Crippen LogP contribution is 2.18. The van der Waals surface area contributed by atoms with Crippen molar-refractivity contribution in [3.8, 4) is 0 Å². The number of likely N-dealkylation sites (N-methyl/N-ethyl adjacent to an activating group) is 1. The van der Waals surface area contributed by atoms with Crippen LogP contribution in [-0.2, 0) is 6.42 Å². The first-order chi connectivity index (χ1) is 13.7. The second-order valence-electron chi connectivity index (χ2n) is 7.28. The third kappa shape index (κ3) is 5.33. The molecule has 0 spiro atoms. The predicted molar refractivity (Wildman–Crippen MR) is 116 cm³/mol. The number of carbonyl (C=O) groups excluding carboxylic acids is 1. The average Bonchev–Trinajstić information content (AvgIpc) is 2.77. The molecule has 2 aromatic carbocycles. The molecule has 0 bridgehead atoms.